The molecule has 2 unspecified atom stereocenters. The van der Waals surface area contributed by atoms with E-state index in [4.69, 9.17) is 0 Å². The maximum atomic E-state index is 12.3. The lowest BCUT2D eigenvalue weighted by molar-refractivity contribution is -0.128. The fourth-order valence-corrected chi connectivity index (χ4v) is 4.12. The third-order valence-corrected chi connectivity index (χ3v) is 4.84. The highest BCUT2D eigenvalue weighted by molar-refractivity contribution is 9.10. The summed E-state index contributed by atoms with van der Waals surface area (Å²) in [6.45, 7) is 6.49. The summed E-state index contributed by atoms with van der Waals surface area (Å²) < 4.78 is 2.89. The second kappa shape index (κ2) is 4.80. The van der Waals surface area contributed by atoms with E-state index in [0.717, 1.165) is 29.4 Å². The van der Waals surface area contributed by atoms with Crippen LogP contribution in [0.5, 0.6) is 0 Å². The van der Waals surface area contributed by atoms with Crippen LogP contribution in [0.15, 0.2) is 10.7 Å². The summed E-state index contributed by atoms with van der Waals surface area (Å²) in [5.41, 5.74) is 0.955. The van der Waals surface area contributed by atoms with Crippen molar-refractivity contribution in [3.63, 3.8) is 0 Å². The normalized spacial score (nSPS) is 25.5. The van der Waals surface area contributed by atoms with Gasteiger partial charge in [0.1, 0.15) is 5.78 Å². The molecule has 1 aromatic heterocycles. The number of halogens is 1. The van der Waals surface area contributed by atoms with E-state index in [1.54, 1.807) is 0 Å². The average Bonchev–Trinajstić information content (AvgIpc) is 2.58. The van der Waals surface area contributed by atoms with E-state index in [2.05, 4.69) is 41.8 Å². The van der Waals surface area contributed by atoms with E-state index >= 15 is 0 Å². The molecule has 1 saturated carbocycles. The Hall–Kier alpha value is -0.640. The van der Waals surface area contributed by atoms with E-state index in [-0.39, 0.29) is 11.3 Å². The number of aryl methyl sites for hydroxylation is 1. The zero-order valence-corrected chi connectivity index (χ0v) is 13.1. The van der Waals surface area contributed by atoms with Crippen molar-refractivity contribution in [3.05, 3.63) is 16.4 Å². The van der Waals surface area contributed by atoms with Crippen LogP contribution in [0.1, 0.15) is 45.7 Å². The van der Waals surface area contributed by atoms with Gasteiger partial charge in [-0.15, -0.1) is 0 Å². The number of hydrogen-bond donors (Lipinski definition) is 0. The first-order chi connectivity index (χ1) is 8.34. The number of hydrogen-bond acceptors (Lipinski definition) is 2. The summed E-state index contributed by atoms with van der Waals surface area (Å²) >= 11 is 3.56. The van der Waals surface area contributed by atoms with Gasteiger partial charge in [-0.1, -0.05) is 20.8 Å². The first-order valence-electron chi connectivity index (χ1n) is 6.54. The molecule has 0 saturated heterocycles. The first-order valence-corrected chi connectivity index (χ1v) is 7.34. The summed E-state index contributed by atoms with van der Waals surface area (Å²) in [5, 5.41) is 4.28. The van der Waals surface area contributed by atoms with Crippen molar-refractivity contribution in [2.24, 2.45) is 18.9 Å². The lowest BCUT2D eigenvalue weighted by Gasteiger charge is -2.37. The van der Waals surface area contributed by atoms with Gasteiger partial charge in [0.25, 0.3) is 0 Å². The van der Waals surface area contributed by atoms with Crippen LogP contribution in [0.4, 0.5) is 0 Å². The number of ketones is 1. The number of carbonyl (C=O) groups excluding carboxylic acids is 1. The fourth-order valence-electron chi connectivity index (χ4n) is 3.26. The maximum absolute atomic E-state index is 12.3. The third kappa shape index (κ3) is 2.27. The Morgan fingerprint density at radius 1 is 1.44 bits per heavy atom. The summed E-state index contributed by atoms with van der Waals surface area (Å²) in [4.78, 5) is 12.3. The van der Waals surface area contributed by atoms with Gasteiger partial charge in [0.2, 0.25) is 0 Å². The lowest BCUT2D eigenvalue weighted by Crippen LogP contribution is -2.39. The van der Waals surface area contributed by atoms with Crippen molar-refractivity contribution in [1.82, 2.24) is 9.78 Å². The smallest absolute Gasteiger partial charge is 0.137 e. The van der Waals surface area contributed by atoms with Gasteiger partial charge >= 0.3 is 0 Å². The van der Waals surface area contributed by atoms with Gasteiger partial charge in [-0.05, 0) is 34.7 Å². The van der Waals surface area contributed by atoms with Gasteiger partial charge in [0.05, 0.1) is 16.4 Å². The summed E-state index contributed by atoms with van der Waals surface area (Å²) in [7, 11) is 1.94. The van der Waals surface area contributed by atoms with E-state index in [0.29, 0.717) is 11.7 Å². The van der Waals surface area contributed by atoms with E-state index in [1.807, 2.05) is 17.9 Å². The van der Waals surface area contributed by atoms with Crippen molar-refractivity contribution < 1.29 is 4.79 Å². The highest BCUT2D eigenvalue weighted by Gasteiger charge is 2.41. The van der Waals surface area contributed by atoms with Crippen molar-refractivity contribution in [2.45, 2.75) is 45.4 Å². The standard InChI is InChI=1S/C14H21BrN2O/c1-9-5-6-10(12(18)7-9)14(2,3)13-11(15)8-16-17(13)4/h8-10H,5-7H2,1-4H3. The largest absolute Gasteiger partial charge is 0.299 e. The number of carbonyl (C=O) groups is 1. The first kappa shape index (κ1) is 13.8. The number of aromatic nitrogens is 2. The molecule has 1 fully saturated rings. The SMILES string of the molecule is CC1CCC(C(C)(C)c2c(Br)cnn2C)C(=O)C1. The third-order valence-electron chi connectivity index (χ3n) is 4.26. The molecule has 0 radical (unpaired) electrons. The van der Waals surface area contributed by atoms with Crippen LogP contribution in [0, 0.1) is 11.8 Å². The Labute approximate surface area is 117 Å². The van der Waals surface area contributed by atoms with Crippen LogP contribution in [0.25, 0.3) is 0 Å². The van der Waals surface area contributed by atoms with Crippen molar-refractivity contribution in [3.8, 4) is 0 Å². The molecule has 2 rings (SSSR count). The molecule has 3 nitrogen and oxygen atoms in total. The molecular formula is C14H21BrN2O. The zero-order valence-electron chi connectivity index (χ0n) is 11.5. The van der Waals surface area contributed by atoms with Crippen LogP contribution >= 0.6 is 15.9 Å². The predicted molar refractivity (Wildman–Crippen MR) is 75.4 cm³/mol. The molecule has 0 N–H and O–H groups in total. The molecule has 0 amide bonds. The molecule has 18 heavy (non-hydrogen) atoms. The molecule has 100 valence electrons. The molecule has 0 spiro atoms. The summed E-state index contributed by atoms with van der Waals surface area (Å²) in [5.74, 6) is 1.06. The molecule has 0 aromatic carbocycles. The number of nitrogens with zero attached hydrogens (tertiary/aromatic N) is 2. The van der Waals surface area contributed by atoms with Gasteiger partial charge in [0, 0.05) is 24.8 Å². The van der Waals surface area contributed by atoms with E-state index < -0.39 is 0 Å². The van der Waals surface area contributed by atoms with Gasteiger partial charge in [-0.3, -0.25) is 9.48 Å². The molecule has 1 aliphatic carbocycles. The highest BCUT2D eigenvalue weighted by Crippen LogP contribution is 2.42. The Morgan fingerprint density at radius 2 is 2.11 bits per heavy atom. The molecule has 0 bridgehead atoms. The van der Waals surface area contributed by atoms with Crippen LogP contribution in [-0.4, -0.2) is 15.6 Å². The maximum Gasteiger partial charge on any atom is 0.137 e. The van der Waals surface area contributed by atoms with Crippen molar-refractivity contribution >= 4 is 21.7 Å². The van der Waals surface area contributed by atoms with Crippen LogP contribution in [-0.2, 0) is 17.3 Å². The molecule has 1 heterocycles. The van der Waals surface area contributed by atoms with Gasteiger partial charge in [-0.2, -0.15) is 5.10 Å². The lowest BCUT2D eigenvalue weighted by atomic mass is 9.67. The molecule has 0 aliphatic heterocycles. The van der Waals surface area contributed by atoms with Crippen LogP contribution < -0.4 is 0 Å². The van der Waals surface area contributed by atoms with Gasteiger partial charge in [0.15, 0.2) is 0 Å². The minimum atomic E-state index is -0.165. The molecular weight excluding hydrogens is 292 g/mol. The van der Waals surface area contributed by atoms with Gasteiger partial charge < -0.3 is 0 Å². The number of Topliss-reactive ketones (excluding diaryl/α,β-unsaturated/α-hetero) is 1. The molecule has 1 aromatic rings. The number of rotatable bonds is 2. The Morgan fingerprint density at radius 3 is 2.61 bits per heavy atom. The highest BCUT2D eigenvalue weighted by atomic mass is 79.9. The molecule has 4 heteroatoms. The second-order valence-corrected chi connectivity index (χ2v) is 6.95. The monoisotopic (exact) mass is 312 g/mol. The van der Waals surface area contributed by atoms with Crippen LogP contribution in [0.3, 0.4) is 0 Å². The summed E-state index contributed by atoms with van der Waals surface area (Å²) in [6, 6.07) is 0. The van der Waals surface area contributed by atoms with Gasteiger partial charge in [-0.25, -0.2) is 0 Å². The molecule has 1 aliphatic rings. The van der Waals surface area contributed by atoms with Crippen molar-refractivity contribution in [2.75, 3.05) is 0 Å². The second-order valence-electron chi connectivity index (χ2n) is 6.09. The summed E-state index contributed by atoms with van der Waals surface area (Å²) in [6.07, 6.45) is 4.68. The Balaban J connectivity index is 2.34. The average molecular weight is 313 g/mol. The molecule has 2 atom stereocenters. The Kier molecular flexibility index (Phi) is 3.67. The fraction of sp³-hybridized carbons (Fsp3) is 0.714. The van der Waals surface area contributed by atoms with Crippen LogP contribution in [0.2, 0.25) is 0 Å². The van der Waals surface area contributed by atoms with E-state index in [1.165, 1.54) is 0 Å². The van der Waals surface area contributed by atoms with Crippen molar-refractivity contribution in [1.29, 1.82) is 0 Å². The quantitative estimate of drug-likeness (QED) is 0.838. The topological polar surface area (TPSA) is 34.9 Å². The minimum Gasteiger partial charge on any atom is -0.299 e. The predicted octanol–water partition coefficient (Wildman–Crippen LogP) is 3.47. The minimum absolute atomic E-state index is 0.111. The van der Waals surface area contributed by atoms with E-state index in [9.17, 15) is 4.79 Å². The zero-order chi connectivity index (χ0) is 13.5. The Bertz CT molecular complexity index is 445.